The number of hydrazine groups is 5. The summed E-state index contributed by atoms with van der Waals surface area (Å²) in [6, 6.07) is 5.95. The molecule has 5 aliphatic carbocycles. The third kappa shape index (κ3) is 6.72. The monoisotopic (exact) mass is 777 g/mol. The molecule has 5 saturated carbocycles. The predicted molar refractivity (Wildman–Crippen MR) is 227 cm³/mol. The second-order valence-electron chi connectivity index (χ2n) is 23.1. The van der Waals surface area contributed by atoms with E-state index < -0.39 is 0 Å². The van der Waals surface area contributed by atoms with Crippen LogP contribution in [0, 0.1) is 46.3 Å². The van der Waals surface area contributed by atoms with Crippen LogP contribution in [0.1, 0.15) is 118 Å². The fourth-order valence-corrected chi connectivity index (χ4v) is 16.1. The molecule has 15 rings (SSSR count). The predicted octanol–water partition coefficient (Wildman–Crippen LogP) is 5.66. The van der Waals surface area contributed by atoms with Crippen molar-refractivity contribution in [3.8, 4) is 0 Å². The maximum Gasteiger partial charge on any atom is 0.0453 e. The molecule has 12 atom stereocenters. The van der Waals surface area contributed by atoms with E-state index in [1.807, 2.05) is 0 Å². The summed E-state index contributed by atoms with van der Waals surface area (Å²) in [5.41, 5.74) is 1.02. The summed E-state index contributed by atoms with van der Waals surface area (Å²) in [6.07, 6.45) is 20.4. The smallest absolute Gasteiger partial charge is 0.0453 e. The summed E-state index contributed by atoms with van der Waals surface area (Å²) in [6.45, 7) is 22.2. The second kappa shape index (κ2) is 15.2. The van der Waals surface area contributed by atoms with Gasteiger partial charge in [-0.15, -0.1) is 0 Å². The maximum atomic E-state index is 2.93. The fourth-order valence-electron chi connectivity index (χ4n) is 16.1. The number of hydrogen-bond donors (Lipinski definition) is 0. The van der Waals surface area contributed by atoms with Gasteiger partial charge in [-0.1, -0.05) is 40.5 Å². The quantitative estimate of drug-likeness (QED) is 0.308. The van der Waals surface area contributed by atoms with Gasteiger partial charge in [-0.3, -0.25) is 0 Å². The Morgan fingerprint density at radius 2 is 0.768 bits per heavy atom. The minimum atomic E-state index is 0.510. The van der Waals surface area contributed by atoms with Crippen LogP contribution >= 0.6 is 0 Å². The normalized spacial score (nSPS) is 46.9. The Labute approximate surface area is 343 Å². The van der Waals surface area contributed by atoms with E-state index >= 15 is 0 Å². The van der Waals surface area contributed by atoms with E-state index in [1.165, 1.54) is 141 Å². The first-order valence-corrected chi connectivity index (χ1v) is 24.3. The summed E-state index contributed by atoms with van der Waals surface area (Å²) in [5, 5.41) is 25.4. The van der Waals surface area contributed by atoms with Gasteiger partial charge in [0.05, 0.1) is 0 Å². The van der Waals surface area contributed by atoms with Crippen molar-refractivity contribution in [1.29, 1.82) is 0 Å². The minimum absolute atomic E-state index is 0.510. The van der Waals surface area contributed by atoms with Gasteiger partial charge in [0.1, 0.15) is 0 Å². The third-order valence-electron chi connectivity index (χ3n) is 18.4. The van der Waals surface area contributed by atoms with Crippen molar-refractivity contribution in [1.82, 2.24) is 50.1 Å². The van der Waals surface area contributed by atoms with E-state index in [0.29, 0.717) is 10.8 Å². The Morgan fingerprint density at radius 3 is 1.14 bits per heavy atom. The Bertz CT molecular complexity index is 1270. The van der Waals surface area contributed by atoms with Crippen LogP contribution in [-0.4, -0.2) is 180 Å². The highest BCUT2D eigenvalue weighted by Crippen LogP contribution is 2.79. The van der Waals surface area contributed by atoms with Gasteiger partial charge in [0, 0.05) is 130 Å². The van der Waals surface area contributed by atoms with Crippen molar-refractivity contribution in [3.63, 3.8) is 0 Å². The average molecular weight is 777 g/mol. The summed E-state index contributed by atoms with van der Waals surface area (Å²) in [7, 11) is 8.67. The summed E-state index contributed by atoms with van der Waals surface area (Å²) < 4.78 is 0. The first-order valence-electron chi connectivity index (χ1n) is 24.3. The molecule has 0 N–H and O–H groups in total. The van der Waals surface area contributed by atoms with Crippen LogP contribution < -0.4 is 0 Å². The van der Waals surface area contributed by atoms with Crippen molar-refractivity contribution in [3.05, 3.63) is 0 Å². The van der Waals surface area contributed by atoms with Gasteiger partial charge in [0.25, 0.3) is 0 Å². The van der Waals surface area contributed by atoms with Crippen LogP contribution in [-0.2, 0) is 0 Å². The lowest BCUT2D eigenvalue weighted by atomic mass is 9.62. The zero-order chi connectivity index (χ0) is 38.7. The molecule has 0 radical (unpaired) electrons. The van der Waals surface area contributed by atoms with E-state index in [4.69, 9.17) is 0 Å². The highest BCUT2D eigenvalue weighted by atomic mass is 15.8. The lowest BCUT2D eigenvalue weighted by Gasteiger charge is -2.64. The van der Waals surface area contributed by atoms with Crippen molar-refractivity contribution >= 4 is 0 Å². The Balaban J connectivity index is 0.0000000881. The molecule has 0 spiro atoms. The fraction of sp³-hybridized carbons (Fsp3) is 1.00. The zero-order valence-electron chi connectivity index (χ0n) is 37.4. The van der Waals surface area contributed by atoms with Crippen LogP contribution in [0.15, 0.2) is 0 Å². The van der Waals surface area contributed by atoms with Gasteiger partial charge in [0.15, 0.2) is 0 Å². The van der Waals surface area contributed by atoms with E-state index in [-0.39, 0.29) is 0 Å². The molecular weight excluding hydrogens is 693 g/mol. The van der Waals surface area contributed by atoms with Crippen molar-refractivity contribution in [2.24, 2.45) is 46.3 Å². The van der Waals surface area contributed by atoms with Crippen LogP contribution in [0.3, 0.4) is 0 Å². The summed E-state index contributed by atoms with van der Waals surface area (Å²) in [5.74, 6) is 6.94. The van der Waals surface area contributed by atoms with Gasteiger partial charge in [-0.05, 0) is 123 Å². The minimum Gasteiger partial charge on any atom is -0.245 e. The summed E-state index contributed by atoms with van der Waals surface area (Å²) >= 11 is 0. The molecule has 56 heavy (non-hydrogen) atoms. The lowest BCUT2D eigenvalue weighted by Crippen LogP contribution is -2.76. The van der Waals surface area contributed by atoms with Gasteiger partial charge in [-0.2, -0.15) is 0 Å². The van der Waals surface area contributed by atoms with E-state index in [1.54, 1.807) is 25.7 Å². The lowest BCUT2D eigenvalue weighted by molar-refractivity contribution is -0.271. The molecule has 10 nitrogen and oxygen atoms in total. The van der Waals surface area contributed by atoms with Gasteiger partial charge in [-0.25, -0.2) is 50.1 Å². The SMILES string of the molecule is C1CC2C(C1)C1C3C4CC5C3C2N2C5C4N12.C1CCN2CCCCN2CC1.CC1(C)CN2CC(C)(C)CN2C1.CN1C2CCC(C2)N1C.CN1CCCCN1C. The molecule has 0 amide bonds. The van der Waals surface area contributed by atoms with Crippen LogP contribution in [0.5, 0.6) is 0 Å². The van der Waals surface area contributed by atoms with E-state index in [2.05, 4.69) is 106 Å². The van der Waals surface area contributed by atoms with Crippen LogP contribution in [0.25, 0.3) is 0 Å². The molecule has 10 saturated heterocycles. The first kappa shape index (κ1) is 39.7. The highest BCUT2D eigenvalue weighted by molar-refractivity contribution is 5.35. The number of hydrogen-bond acceptors (Lipinski definition) is 10. The van der Waals surface area contributed by atoms with Gasteiger partial charge < -0.3 is 0 Å². The molecule has 10 heteroatoms. The van der Waals surface area contributed by atoms with E-state index in [0.717, 1.165) is 59.9 Å². The van der Waals surface area contributed by atoms with Crippen molar-refractivity contribution in [2.75, 3.05) is 93.6 Å². The van der Waals surface area contributed by atoms with E-state index in [9.17, 15) is 0 Å². The Hall–Kier alpha value is -0.400. The van der Waals surface area contributed by atoms with Crippen LogP contribution in [0.2, 0.25) is 0 Å². The van der Waals surface area contributed by atoms with Crippen LogP contribution in [0.4, 0.5) is 0 Å². The Kier molecular flexibility index (Phi) is 10.8. The first-order chi connectivity index (χ1) is 26.9. The largest absolute Gasteiger partial charge is 0.245 e. The van der Waals surface area contributed by atoms with Crippen molar-refractivity contribution in [2.45, 2.75) is 154 Å². The molecule has 12 unspecified atom stereocenters. The topological polar surface area (TPSA) is 32.4 Å². The molecular formula is C46H84N10. The highest BCUT2D eigenvalue weighted by Gasteiger charge is 2.86. The number of nitrogens with zero attached hydrogens (tertiary/aromatic N) is 10. The number of fused-ring (bicyclic) bond motifs is 4. The maximum absolute atomic E-state index is 2.93. The van der Waals surface area contributed by atoms with Gasteiger partial charge >= 0.3 is 0 Å². The molecule has 10 heterocycles. The molecule has 318 valence electrons. The number of rotatable bonds is 0. The molecule has 0 aromatic carbocycles. The molecule has 6 bridgehead atoms. The molecule has 15 aliphatic rings. The standard InChI is InChI=1S/C14H18N2.C10H20N2.C9H18N2.C7H14N2.C6H14N2/c1-2-5-6(3-1)12-10-8-4-7-9(10)11(5)15-13(7)14(8)16(12)15;1-9(2)5-11-7-10(3,4)8-12(11)6-9;1-2-6-10-8-4-5-9-11(10)7-3-1;1-8-6-3-4-7(5-6)9(8)2;1-7-5-3-4-6-8(7)2/h5-14H,1-4H2;5-8H2,1-4H3;1-9H2;6-7H,3-5H2,1-2H3;3-6H2,1-2H3. The third-order valence-corrected chi connectivity index (χ3v) is 18.4. The zero-order valence-corrected chi connectivity index (χ0v) is 37.4. The summed E-state index contributed by atoms with van der Waals surface area (Å²) in [4.78, 5) is 0. The molecule has 15 fully saturated rings. The molecule has 10 aliphatic heterocycles. The van der Waals surface area contributed by atoms with Crippen molar-refractivity contribution < 1.29 is 0 Å². The second-order valence-corrected chi connectivity index (χ2v) is 23.1. The molecule has 0 aromatic heterocycles. The molecule has 0 aromatic rings. The Morgan fingerprint density at radius 1 is 0.375 bits per heavy atom. The average Bonchev–Trinajstić information content (AvgIpc) is 4.02. The van der Waals surface area contributed by atoms with Gasteiger partial charge in [0.2, 0.25) is 0 Å².